The van der Waals surface area contributed by atoms with Crippen LogP contribution in [0.2, 0.25) is 0 Å². The van der Waals surface area contributed by atoms with E-state index in [0.29, 0.717) is 16.7 Å². The minimum Gasteiger partial charge on any atom is -0.386 e. The number of amidine groups is 1. The maximum atomic E-state index is 6.06. The molecule has 8 atom stereocenters. The largest absolute Gasteiger partial charge is 0.386 e. The number of fused-ring (bicyclic) bond motifs is 5. The highest BCUT2D eigenvalue weighted by Gasteiger charge is 2.59. The van der Waals surface area contributed by atoms with Crippen molar-refractivity contribution in [1.82, 2.24) is 5.12 Å². The van der Waals surface area contributed by atoms with Crippen LogP contribution in [0.3, 0.4) is 0 Å². The molecule has 4 N–H and O–H groups in total. The Morgan fingerprint density at radius 2 is 1.70 bits per heavy atom. The number of hydrogen-bond acceptors (Lipinski definition) is 3. The highest BCUT2D eigenvalue weighted by molar-refractivity contribution is 5.77. The molecule has 0 aromatic carbocycles. The van der Waals surface area contributed by atoms with Crippen LogP contribution in [0.15, 0.2) is 5.10 Å². The normalized spacial score (nSPS) is 46.1. The van der Waals surface area contributed by atoms with E-state index in [2.05, 4.69) is 25.9 Å². The summed E-state index contributed by atoms with van der Waals surface area (Å²) in [6.07, 6.45) is 17.3. The summed E-state index contributed by atoms with van der Waals surface area (Å²) in [5.74, 6) is 12.4. The van der Waals surface area contributed by atoms with Crippen LogP contribution in [0.1, 0.15) is 105 Å². The van der Waals surface area contributed by atoms with Crippen molar-refractivity contribution < 1.29 is 0 Å². The average Bonchev–Trinajstić information content (AvgIpc) is 3.03. The Kier molecular flexibility index (Phi) is 6.46. The van der Waals surface area contributed by atoms with E-state index in [4.69, 9.17) is 11.6 Å². The van der Waals surface area contributed by atoms with Crippen LogP contribution in [0.5, 0.6) is 0 Å². The Hall–Kier alpha value is -0.770. The standard InChI is InChI=1S/C26H48N4/c1-5-6-19-11-14-26(4)21(17-19)7-9-22-23-10-8-20(13-16-30(28)29-18(2)27)25(23,3)15-12-24(22)26/h19-24H,5-17,28H2,1-4H3,(H2,27,29). The summed E-state index contributed by atoms with van der Waals surface area (Å²) in [5, 5.41) is 5.78. The van der Waals surface area contributed by atoms with Gasteiger partial charge in [-0.2, -0.15) is 0 Å². The zero-order valence-electron chi connectivity index (χ0n) is 20.2. The van der Waals surface area contributed by atoms with Gasteiger partial charge in [-0.3, -0.25) is 0 Å². The van der Waals surface area contributed by atoms with Gasteiger partial charge in [-0.15, -0.1) is 5.10 Å². The molecular formula is C26H48N4. The molecule has 0 aromatic rings. The van der Waals surface area contributed by atoms with E-state index in [0.717, 1.165) is 48.5 Å². The molecule has 4 nitrogen and oxygen atoms in total. The van der Waals surface area contributed by atoms with E-state index in [9.17, 15) is 0 Å². The molecule has 172 valence electrons. The topological polar surface area (TPSA) is 67.6 Å². The highest BCUT2D eigenvalue weighted by Crippen LogP contribution is 2.68. The van der Waals surface area contributed by atoms with Gasteiger partial charge in [-0.1, -0.05) is 33.6 Å². The molecule has 0 aromatic heterocycles. The first kappa shape index (κ1) is 22.4. The summed E-state index contributed by atoms with van der Waals surface area (Å²) in [6, 6.07) is 0. The van der Waals surface area contributed by atoms with Crippen molar-refractivity contribution in [3.63, 3.8) is 0 Å². The van der Waals surface area contributed by atoms with Gasteiger partial charge in [0.05, 0.1) is 6.54 Å². The van der Waals surface area contributed by atoms with Crippen LogP contribution >= 0.6 is 0 Å². The summed E-state index contributed by atoms with van der Waals surface area (Å²) < 4.78 is 0. The van der Waals surface area contributed by atoms with Gasteiger partial charge in [0.15, 0.2) is 0 Å². The fourth-order valence-electron chi connectivity index (χ4n) is 9.14. The van der Waals surface area contributed by atoms with E-state index in [1.165, 1.54) is 70.6 Å². The second-order valence-corrected chi connectivity index (χ2v) is 12.1. The van der Waals surface area contributed by atoms with E-state index in [1.54, 1.807) is 12.0 Å². The summed E-state index contributed by atoms with van der Waals surface area (Å²) in [5.41, 5.74) is 6.85. The number of hydrazone groups is 1. The zero-order chi connectivity index (χ0) is 21.5. The van der Waals surface area contributed by atoms with Gasteiger partial charge < -0.3 is 5.73 Å². The van der Waals surface area contributed by atoms with Crippen molar-refractivity contribution in [3.8, 4) is 0 Å². The molecule has 4 saturated carbocycles. The second kappa shape index (κ2) is 8.64. The van der Waals surface area contributed by atoms with Crippen molar-refractivity contribution in [2.75, 3.05) is 6.54 Å². The van der Waals surface area contributed by atoms with E-state index < -0.39 is 0 Å². The van der Waals surface area contributed by atoms with E-state index in [-0.39, 0.29) is 0 Å². The first-order chi connectivity index (χ1) is 14.3. The van der Waals surface area contributed by atoms with Gasteiger partial charge in [-0.05, 0) is 117 Å². The molecule has 4 aliphatic carbocycles. The van der Waals surface area contributed by atoms with Crippen molar-refractivity contribution in [2.24, 2.45) is 63.0 Å². The lowest BCUT2D eigenvalue weighted by atomic mass is 9.44. The van der Waals surface area contributed by atoms with Gasteiger partial charge in [-0.25, -0.2) is 11.0 Å². The number of nitrogens with two attached hydrogens (primary N) is 2. The van der Waals surface area contributed by atoms with Crippen molar-refractivity contribution in [3.05, 3.63) is 0 Å². The van der Waals surface area contributed by atoms with Crippen LogP contribution in [0.25, 0.3) is 0 Å². The summed E-state index contributed by atoms with van der Waals surface area (Å²) in [4.78, 5) is 0. The number of rotatable bonds is 6. The van der Waals surface area contributed by atoms with Crippen LogP contribution in [-0.4, -0.2) is 17.5 Å². The maximum Gasteiger partial charge on any atom is 0.118 e. The Bertz CT molecular complexity index is 629. The third-order valence-electron chi connectivity index (χ3n) is 10.7. The fraction of sp³-hybridized carbons (Fsp3) is 0.962. The molecule has 0 aliphatic heterocycles. The number of hydrogen-bond donors (Lipinski definition) is 2. The van der Waals surface area contributed by atoms with Gasteiger partial charge in [0.2, 0.25) is 0 Å². The average molecular weight is 417 g/mol. The van der Waals surface area contributed by atoms with Crippen LogP contribution in [0, 0.1) is 46.3 Å². The molecule has 4 aliphatic rings. The summed E-state index contributed by atoms with van der Waals surface area (Å²) in [6.45, 7) is 10.4. The molecule has 8 unspecified atom stereocenters. The Morgan fingerprint density at radius 1 is 0.967 bits per heavy atom. The van der Waals surface area contributed by atoms with Crippen molar-refractivity contribution >= 4 is 5.84 Å². The fourth-order valence-corrected chi connectivity index (χ4v) is 9.14. The van der Waals surface area contributed by atoms with Crippen LogP contribution < -0.4 is 11.6 Å². The van der Waals surface area contributed by atoms with Crippen molar-refractivity contribution in [2.45, 2.75) is 105 Å². The lowest BCUT2D eigenvalue weighted by Gasteiger charge is -2.61. The molecule has 4 heteroatoms. The summed E-state index contributed by atoms with van der Waals surface area (Å²) >= 11 is 0. The molecule has 4 fully saturated rings. The van der Waals surface area contributed by atoms with Gasteiger partial charge in [0, 0.05) is 0 Å². The molecule has 0 amide bonds. The molecule has 0 radical (unpaired) electrons. The quantitative estimate of drug-likeness (QED) is 0.244. The second-order valence-electron chi connectivity index (χ2n) is 12.1. The molecule has 0 bridgehead atoms. The number of nitrogens with zero attached hydrogens (tertiary/aromatic N) is 2. The molecule has 0 heterocycles. The molecular weight excluding hydrogens is 368 g/mol. The molecule has 0 spiro atoms. The Labute approximate surface area is 185 Å². The SMILES string of the molecule is CCCC1CCC2(C)C(CCC3C4CCC(CCN(N)/N=C(/C)N)C4(C)CCC32)C1. The minimum absolute atomic E-state index is 0.520. The first-order valence-corrected chi connectivity index (χ1v) is 13.1. The lowest BCUT2D eigenvalue weighted by Crippen LogP contribution is -2.53. The van der Waals surface area contributed by atoms with Crippen molar-refractivity contribution in [1.29, 1.82) is 0 Å². The first-order valence-electron chi connectivity index (χ1n) is 13.1. The third kappa shape index (κ3) is 3.91. The van der Waals surface area contributed by atoms with E-state index >= 15 is 0 Å². The Morgan fingerprint density at radius 3 is 2.43 bits per heavy atom. The van der Waals surface area contributed by atoms with Gasteiger partial charge in [0.1, 0.15) is 5.84 Å². The molecule has 30 heavy (non-hydrogen) atoms. The predicted octanol–water partition coefficient (Wildman–Crippen LogP) is 5.92. The summed E-state index contributed by atoms with van der Waals surface area (Å²) in [7, 11) is 0. The zero-order valence-corrected chi connectivity index (χ0v) is 20.2. The monoisotopic (exact) mass is 416 g/mol. The maximum absolute atomic E-state index is 6.06. The van der Waals surface area contributed by atoms with Crippen LogP contribution in [-0.2, 0) is 0 Å². The number of hydrazine groups is 1. The Balaban J connectivity index is 1.43. The lowest BCUT2D eigenvalue weighted by molar-refractivity contribution is -0.119. The molecule has 4 rings (SSSR count). The van der Waals surface area contributed by atoms with Gasteiger partial charge in [0.25, 0.3) is 0 Å². The third-order valence-corrected chi connectivity index (χ3v) is 10.7. The van der Waals surface area contributed by atoms with Gasteiger partial charge >= 0.3 is 0 Å². The van der Waals surface area contributed by atoms with Crippen LogP contribution in [0.4, 0.5) is 0 Å². The highest BCUT2D eigenvalue weighted by atomic mass is 15.6. The minimum atomic E-state index is 0.520. The smallest absolute Gasteiger partial charge is 0.118 e. The van der Waals surface area contributed by atoms with E-state index in [1.807, 2.05) is 0 Å². The predicted molar refractivity (Wildman–Crippen MR) is 126 cm³/mol. The molecule has 0 saturated heterocycles.